The molecule has 0 amide bonds. The number of benzene rings is 2. The Morgan fingerprint density at radius 1 is 1.21 bits per heavy atom. The molecule has 0 saturated heterocycles. The summed E-state index contributed by atoms with van der Waals surface area (Å²) in [6.45, 7) is 0. The van der Waals surface area contributed by atoms with Crippen molar-refractivity contribution in [2.45, 2.75) is 0 Å². The average Bonchev–Trinajstić information content (AvgIpc) is 2.46. The van der Waals surface area contributed by atoms with E-state index in [-0.39, 0.29) is 5.84 Å². The molecule has 0 spiro atoms. The lowest BCUT2D eigenvalue weighted by Gasteiger charge is -2.22. The highest BCUT2D eigenvalue weighted by atomic mass is 35.5. The summed E-state index contributed by atoms with van der Waals surface area (Å²) in [4.78, 5) is 1.93. The van der Waals surface area contributed by atoms with Crippen LogP contribution in [0.1, 0.15) is 5.56 Å². The van der Waals surface area contributed by atoms with E-state index < -0.39 is 0 Å². The fraction of sp³-hybridized carbons (Fsp3) is 0.0714. The SMILES string of the molecule is CN(c1ccccc1)c1cc(Cl)ccc1C(N)=NO. The Kier molecular flexibility index (Phi) is 3.92. The third-order valence-electron chi connectivity index (χ3n) is 2.85. The molecule has 0 unspecified atom stereocenters. The van der Waals surface area contributed by atoms with Crippen LogP contribution in [0.2, 0.25) is 5.02 Å². The number of nitrogens with zero attached hydrogens (tertiary/aromatic N) is 2. The fourth-order valence-corrected chi connectivity index (χ4v) is 2.01. The maximum absolute atomic E-state index is 8.85. The number of hydrogen-bond donors (Lipinski definition) is 2. The lowest BCUT2D eigenvalue weighted by atomic mass is 10.1. The minimum Gasteiger partial charge on any atom is -0.409 e. The van der Waals surface area contributed by atoms with Gasteiger partial charge < -0.3 is 15.8 Å². The molecule has 4 nitrogen and oxygen atoms in total. The quantitative estimate of drug-likeness (QED) is 0.391. The monoisotopic (exact) mass is 275 g/mol. The van der Waals surface area contributed by atoms with Crippen molar-refractivity contribution in [3.8, 4) is 0 Å². The van der Waals surface area contributed by atoms with Crippen LogP contribution in [0.15, 0.2) is 53.7 Å². The molecule has 3 N–H and O–H groups in total. The number of rotatable bonds is 3. The van der Waals surface area contributed by atoms with Crippen LogP contribution in [0, 0.1) is 0 Å². The van der Waals surface area contributed by atoms with Crippen molar-refractivity contribution in [3.05, 3.63) is 59.1 Å². The zero-order valence-corrected chi connectivity index (χ0v) is 11.2. The van der Waals surface area contributed by atoms with E-state index in [4.69, 9.17) is 22.5 Å². The molecule has 2 aromatic rings. The van der Waals surface area contributed by atoms with Gasteiger partial charge in [-0.3, -0.25) is 0 Å². The standard InChI is InChI=1S/C14H14ClN3O/c1-18(11-5-3-2-4-6-11)13-9-10(15)7-8-12(13)14(16)17-19/h2-9,19H,1H3,(H2,16,17). The molecule has 0 atom stereocenters. The van der Waals surface area contributed by atoms with Crippen LogP contribution in [0.25, 0.3) is 0 Å². The number of amidine groups is 1. The Hall–Kier alpha value is -2.20. The van der Waals surface area contributed by atoms with Gasteiger partial charge in [-0.2, -0.15) is 0 Å². The molecular formula is C14H14ClN3O. The van der Waals surface area contributed by atoms with Gasteiger partial charge in [0.25, 0.3) is 0 Å². The Morgan fingerprint density at radius 2 is 1.89 bits per heavy atom. The molecule has 2 rings (SSSR count). The second-order valence-corrected chi connectivity index (χ2v) is 4.48. The smallest absolute Gasteiger partial charge is 0.172 e. The number of nitrogens with two attached hydrogens (primary N) is 1. The van der Waals surface area contributed by atoms with Crippen molar-refractivity contribution in [3.63, 3.8) is 0 Å². The van der Waals surface area contributed by atoms with Crippen LogP contribution in [0.3, 0.4) is 0 Å². The van der Waals surface area contributed by atoms with Gasteiger partial charge in [-0.1, -0.05) is 35.0 Å². The van der Waals surface area contributed by atoms with Crippen LogP contribution < -0.4 is 10.6 Å². The maximum atomic E-state index is 8.85. The summed E-state index contributed by atoms with van der Waals surface area (Å²) in [5.74, 6) is 0.0504. The summed E-state index contributed by atoms with van der Waals surface area (Å²) < 4.78 is 0. The lowest BCUT2D eigenvalue weighted by molar-refractivity contribution is 0.318. The van der Waals surface area contributed by atoms with E-state index in [0.717, 1.165) is 11.4 Å². The lowest BCUT2D eigenvalue weighted by Crippen LogP contribution is -2.19. The molecule has 0 aromatic heterocycles. The summed E-state index contributed by atoms with van der Waals surface area (Å²) in [5.41, 5.74) is 8.07. The molecule has 0 bridgehead atoms. The largest absolute Gasteiger partial charge is 0.409 e. The van der Waals surface area contributed by atoms with E-state index >= 15 is 0 Å². The van der Waals surface area contributed by atoms with Crippen LogP contribution in [-0.2, 0) is 0 Å². The third kappa shape index (κ3) is 2.80. The van der Waals surface area contributed by atoms with Crippen LogP contribution in [-0.4, -0.2) is 18.1 Å². The van der Waals surface area contributed by atoms with Crippen molar-refractivity contribution in [2.75, 3.05) is 11.9 Å². The molecule has 0 aliphatic carbocycles. The first-order valence-corrected chi connectivity index (χ1v) is 6.07. The Bertz CT molecular complexity index is 599. The topological polar surface area (TPSA) is 61.8 Å². The van der Waals surface area contributed by atoms with Gasteiger partial charge in [0.05, 0.1) is 5.69 Å². The second-order valence-electron chi connectivity index (χ2n) is 4.04. The first kappa shape index (κ1) is 13.2. The highest BCUT2D eigenvalue weighted by Gasteiger charge is 2.13. The van der Waals surface area contributed by atoms with Crippen molar-refractivity contribution in [2.24, 2.45) is 10.9 Å². The Morgan fingerprint density at radius 3 is 2.53 bits per heavy atom. The van der Waals surface area contributed by atoms with Gasteiger partial charge in [0.2, 0.25) is 0 Å². The molecule has 98 valence electrons. The van der Waals surface area contributed by atoms with E-state index in [2.05, 4.69) is 5.16 Å². The molecule has 5 heteroatoms. The Balaban J connectivity index is 2.52. The first-order valence-electron chi connectivity index (χ1n) is 5.69. The molecule has 0 fully saturated rings. The maximum Gasteiger partial charge on any atom is 0.172 e. The molecule has 19 heavy (non-hydrogen) atoms. The number of halogens is 1. The number of hydrogen-bond acceptors (Lipinski definition) is 3. The zero-order chi connectivity index (χ0) is 13.8. The van der Waals surface area contributed by atoms with Crippen molar-refractivity contribution in [1.82, 2.24) is 0 Å². The Labute approximate surface area is 116 Å². The molecule has 0 aliphatic rings. The number of para-hydroxylation sites is 1. The van der Waals surface area contributed by atoms with E-state index in [0.29, 0.717) is 10.6 Å². The van der Waals surface area contributed by atoms with E-state index in [9.17, 15) is 0 Å². The molecule has 0 saturated carbocycles. The van der Waals surface area contributed by atoms with Crippen LogP contribution in [0.5, 0.6) is 0 Å². The summed E-state index contributed by atoms with van der Waals surface area (Å²) in [7, 11) is 1.90. The molecule has 0 heterocycles. The predicted molar refractivity (Wildman–Crippen MR) is 78.5 cm³/mol. The average molecular weight is 276 g/mol. The minimum atomic E-state index is 0.0504. The number of oxime groups is 1. The van der Waals surface area contributed by atoms with E-state index in [1.165, 1.54) is 0 Å². The van der Waals surface area contributed by atoms with Crippen LogP contribution in [0.4, 0.5) is 11.4 Å². The molecule has 2 aromatic carbocycles. The molecule has 0 aliphatic heterocycles. The van der Waals surface area contributed by atoms with Gasteiger partial charge >= 0.3 is 0 Å². The fourth-order valence-electron chi connectivity index (χ4n) is 1.84. The van der Waals surface area contributed by atoms with E-state index in [1.54, 1.807) is 18.2 Å². The van der Waals surface area contributed by atoms with Gasteiger partial charge in [-0.25, -0.2) is 0 Å². The highest BCUT2D eigenvalue weighted by molar-refractivity contribution is 6.31. The zero-order valence-electron chi connectivity index (χ0n) is 10.4. The normalized spacial score (nSPS) is 11.4. The van der Waals surface area contributed by atoms with Gasteiger partial charge in [0.15, 0.2) is 5.84 Å². The first-order chi connectivity index (χ1) is 9.13. The minimum absolute atomic E-state index is 0.0504. The van der Waals surface area contributed by atoms with Crippen molar-refractivity contribution in [1.29, 1.82) is 0 Å². The van der Waals surface area contributed by atoms with Gasteiger partial charge in [0, 0.05) is 23.3 Å². The van der Waals surface area contributed by atoms with Crippen molar-refractivity contribution >= 4 is 28.8 Å². The highest BCUT2D eigenvalue weighted by Crippen LogP contribution is 2.29. The summed E-state index contributed by atoms with van der Waals surface area (Å²) in [6.07, 6.45) is 0. The van der Waals surface area contributed by atoms with E-state index in [1.807, 2.05) is 42.3 Å². The predicted octanol–water partition coefficient (Wildman–Crippen LogP) is 3.20. The van der Waals surface area contributed by atoms with Gasteiger partial charge in [0.1, 0.15) is 0 Å². The summed E-state index contributed by atoms with van der Waals surface area (Å²) in [5, 5.41) is 12.5. The van der Waals surface area contributed by atoms with Gasteiger partial charge in [-0.15, -0.1) is 0 Å². The summed E-state index contributed by atoms with van der Waals surface area (Å²) in [6, 6.07) is 15.0. The second kappa shape index (κ2) is 5.63. The molecule has 0 radical (unpaired) electrons. The van der Waals surface area contributed by atoms with Crippen molar-refractivity contribution < 1.29 is 5.21 Å². The third-order valence-corrected chi connectivity index (χ3v) is 3.08. The van der Waals surface area contributed by atoms with Crippen LogP contribution >= 0.6 is 11.6 Å². The summed E-state index contributed by atoms with van der Waals surface area (Å²) >= 11 is 6.03. The van der Waals surface area contributed by atoms with Gasteiger partial charge in [-0.05, 0) is 30.3 Å². The number of anilines is 2. The molecular weight excluding hydrogens is 262 g/mol.